The van der Waals surface area contributed by atoms with E-state index in [0.29, 0.717) is 5.92 Å². The van der Waals surface area contributed by atoms with Crippen molar-refractivity contribution in [3.63, 3.8) is 0 Å². The van der Waals surface area contributed by atoms with Gasteiger partial charge >= 0.3 is 0 Å². The number of benzene rings is 1. The lowest BCUT2D eigenvalue weighted by molar-refractivity contribution is 0.0790. The van der Waals surface area contributed by atoms with Crippen molar-refractivity contribution < 1.29 is 9.21 Å². The molecular formula is C17H19NO2. The van der Waals surface area contributed by atoms with Gasteiger partial charge in [-0.2, -0.15) is 0 Å². The van der Waals surface area contributed by atoms with E-state index < -0.39 is 0 Å². The van der Waals surface area contributed by atoms with Gasteiger partial charge in [-0.05, 0) is 55.7 Å². The molecule has 1 unspecified atom stereocenters. The zero-order valence-electron chi connectivity index (χ0n) is 11.9. The maximum absolute atomic E-state index is 12.5. The first kappa shape index (κ1) is 13.0. The first-order valence-electron chi connectivity index (χ1n) is 7.05. The lowest BCUT2D eigenvalue weighted by Gasteiger charge is -2.16. The molecule has 3 rings (SSSR count). The molecule has 2 heterocycles. The van der Waals surface area contributed by atoms with Crippen LogP contribution in [0.1, 0.15) is 39.6 Å². The molecule has 1 aromatic heterocycles. The van der Waals surface area contributed by atoms with Crippen LogP contribution in [-0.4, -0.2) is 23.9 Å². The molecule has 2 aromatic rings. The normalized spacial score (nSPS) is 18.5. The van der Waals surface area contributed by atoms with E-state index in [1.807, 2.05) is 42.2 Å². The van der Waals surface area contributed by atoms with Crippen LogP contribution in [0.2, 0.25) is 0 Å². The summed E-state index contributed by atoms with van der Waals surface area (Å²) in [6.45, 7) is 5.66. The molecule has 1 fully saturated rings. The molecule has 1 aliphatic heterocycles. The first-order chi connectivity index (χ1) is 9.65. The molecule has 0 spiro atoms. The molecule has 3 nitrogen and oxygen atoms in total. The van der Waals surface area contributed by atoms with E-state index in [1.165, 1.54) is 5.56 Å². The van der Waals surface area contributed by atoms with Gasteiger partial charge in [-0.25, -0.2) is 0 Å². The molecule has 0 aliphatic carbocycles. The van der Waals surface area contributed by atoms with Crippen LogP contribution in [0, 0.1) is 13.8 Å². The Bertz CT molecular complexity index is 616. The van der Waals surface area contributed by atoms with Gasteiger partial charge < -0.3 is 9.32 Å². The Balaban J connectivity index is 1.74. The van der Waals surface area contributed by atoms with Gasteiger partial charge in [0.15, 0.2) is 0 Å². The van der Waals surface area contributed by atoms with Gasteiger partial charge in [0.1, 0.15) is 5.76 Å². The van der Waals surface area contributed by atoms with Gasteiger partial charge in [-0.15, -0.1) is 0 Å². The number of rotatable bonds is 2. The Kier molecular flexibility index (Phi) is 3.35. The molecule has 104 valence electrons. The highest BCUT2D eigenvalue weighted by molar-refractivity contribution is 5.94. The van der Waals surface area contributed by atoms with Gasteiger partial charge in [-0.1, -0.05) is 6.07 Å². The summed E-state index contributed by atoms with van der Waals surface area (Å²) in [5.41, 5.74) is 3.17. The highest BCUT2D eigenvalue weighted by Gasteiger charge is 2.29. The van der Waals surface area contributed by atoms with Crippen molar-refractivity contribution in [2.45, 2.75) is 26.2 Å². The molecule has 1 aliphatic rings. The second kappa shape index (κ2) is 5.16. The second-order valence-electron chi connectivity index (χ2n) is 5.55. The number of amides is 1. The molecule has 0 radical (unpaired) electrons. The molecule has 0 saturated carbocycles. The molecule has 1 atom stereocenters. The smallest absolute Gasteiger partial charge is 0.253 e. The van der Waals surface area contributed by atoms with Crippen LogP contribution in [-0.2, 0) is 0 Å². The minimum absolute atomic E-state index is 0.127. The maximum Gasteiger partial charge on any atom is 0.253 e. The number of nitrogens with zero attached hydrogens (tertiary/aromatic N) is 1. The summed E-state index contributed by atoms with van der Waals surface area (Å²) in [5, 5.41) is 0. The van der Waals surface area contributed by atoms with Crippen LogP contribution in [0.5, 0.6) is 0 Å². The van der Waals surface area contributed by atoms with E-state index in [9.17, 15) is 4.79 Å². The lowest BCUT2D eigenvalue weighted by atomic mass is 10.1. The minimum Gasteiger partial charge on any atom is -0.469 e. The fraction of sp³-hybridized carbons (Fsp3) is 0.353. The molecule has 1 aromatic carbocycles. The Morgan fingerprint density at radius 3 is 2.80 bits per heavy atom. The molecule has 0 N–H and O–H groups in total. The van der Waals surface area contributed by atoms with Crippen molar-refractivity contribution in [1.29, 1.82) is 0 Å². The highest BCUT2D eigenvalue weighted by atomic mass is 16.3. The van der Waals surface area contributed by atoms with E-state index in [4.69, 9.17) is 4.42 Å². The average Bonchev–Trinajstić information content (AvgIpc) is 3.11. The third-order valence-electron chi connectivity index (χ3n) is 4.17. The number of carbonyl (C=O) groups excluding carboxylic acids is 1. The zero-order chi connectivity index (χ0) is 14.1. The first-order valence-corrected chi connectivity index (χ1v) is 7.05. The zero-order valence-corrected chi connectivity index (χ0v) is 11.9. The summed E-state index contributed by atoms with van der Waals surface area (Å²) in [6, 6.07) is 9.82. The molecular weight excluding hydrogens is 250 g/mol. The number of aryl methyl sites for hydroxylation is 2. The Morgan fingerprint density at radius 2 is 2.10 bits per heavy atom. The molecule has 3 heteroatoms. The minimum atomic E-state index is 0.127. The quantitative estimate of drug-likeness (QED) is 0.835. The highest BCUT2D eigenvalue weighted by Crippen LogP contribution is 2.28. The van der Waals surface area contributed by atoms with Crippen molar-refractivity contribution in [3.05, 3.63) is 59.0 Å². The number of hydrogen-bond acceptors (Lipinski definition) is 2. The topological polar surface area (TPSA) is 33.5 Å². The summed E-state index contributed by atoms with van der Waals surface area (Å²) in [6.07, 6.45) is 2.67. The maximum atomic E-state index is 12.5. The Labute approximate surface area is 119 Å². The average molecular weight is 269 g/mol. The van der Waals surface area contributed by atoms with Crippen molar-refractivity contribution >= 4 is 5.91 Å². The van der Waals surface area contributed by atoms with Gasteiger partial charge in [0, 0.05) is 24.6 Å². The summed E-state index contributed by atoms with van der Waals surface area (Å²) < 4.78 is 5.45. The van der Waals surface area contributed by atoms with E-state index in [0.717, 1.165) is 36.4 Å². The van der Waals surface area contributed by atoms with E-state index in [1.54, 1.807) is 6.26 Å². The number of hydrogen-bond donors (Lipinski definition) is 0. The number of carbonyl (C=O) groups is 1. The van der Waals surface area contributed by atoms with Gasteiger partial charge in [-0.3, -0.25) is 4.79 Å². The Hall–Kier alpha value is -2.03. The molecule has 1 saturated heterocycles. The van der Waals surface area contributed by atoms with Crippen LogP contribution in [0.25, 0.3) is 0 Å². The van der Waals surface area contributed by atoms with Crippen LogP contribution >= 0.6 is 0 Å². The van der Waals surface area contributed by atoms with Crippen molar-refractivity contribution in [3.8, 4) is 0 Å². The van der Waals surface area contributed by atoms with Crippen molar-refractivity contribution in [1.82, 2.24) is 4.90 Å². The third-order valence-corrected chi connectivity index (χ3v) is 4.17. The number of likely N-dealkylation sites (tertiary alicyclic amines) is 1. The van der Waals surface area contributed by atoms with Gasteiger partial charge in [0.05, 0.1) is 6.26 Å². The summed E-state index contributed by atoms with van der Waals surface area (Å²) in [4.78, 5) is 14.4. The second-order valence-corrected chi connectivity index (χ2v) is 5.55. The fourth-order valence-corrected chi connectivity index (χ4v) is 2.76. The monoisotopic (exact) mass is 269 g/mol. The molecule has 1 amide bonds. The Morgan fingerprint density at radius 1 is 1.25 bits per heavy atom. The van der Waals surface area contributed by atoms with E-state index >= 15 is 0 Å². The third kappa shape index (κ3) is 2.36. The van der Waals surface area contributed by atoms with Gasteiger partial charge in [0.25, 0.3) is 5.91 Å². The van der Waals surface area contributed by atoms with E-state index in [2.05, 4.69) is 6.92 Å². The summed E-state index contributed by atoms with van der Waals surface area (Å²) in [7, 11) is 0. The summed E-state index contributed by atoms with van der Waals surface area (Å²) >= 11 is 0. The lowest BCUT2D eigenvalue weighted by Crippen LogP contribution is -2.28. The standard InChI is InChI=1S/C17H19NO2/c1-12-5-6-14(10-13(12)2)17(19)18-8-7-15(11-18)16-4-3-9-20-16/h3-6,9-10,15H,7-8,11H2,1-2H3. The predicted octanol–water partition coefficient (Wildman–Crippen LogP) is 3.53. The fourth-order valence-electron chi connectivity index (χ4n) is 2.76. The van der Waals surface area contributed by atoms with Crippen molar-refractivity contribution in [2.75, 3.05) is 13.1 Å². The summed E-state index contributed by atoms with van der Waals surface area (Å²) in [5.74, 6) is 1.45. The van der Waals surface area contributed by atoms with Crippen molar-refractivity contribution in [2.24, 2.45) is 0 Å². The number of furan rings is 1. The molecule has 20 heavy (non-hydrogen) atoms. The SMILES string of the molecule is Cc1ccc(C(=O)N2CCC(c3ccco3)C2)cc1C. The van der Waals surface area contributed by atoms with Crippen LogP contribution in [0.3, 0.4) is 0 Å². The van der Waals surface area contributed by atoms with Crippen LogP contribution in [0.15, 0.2) is 41.0 Å². The van der Waals surface area contributed by atoms with Crippen LogP contribution in [0.4, 0.5) is 0 Å². The molecule has 0 bridgehead atoms. The largest absolute Gasteiger partial charge is 0.469 e. The predicted molar refractivity (Wildman–Crippen MR) is 77.9 cm³/mol. The van der Waals surface area contributed by atoms with E-state index in [-0.39, 0.29) is 5.91 Å². The van der Waals surface area contributed by atoms with Crippen LogP contribution < -0.4 is 0 Å². The van der Waals surface area contributed by atoms with Gasteiger partial charge in [0.2, 0.25) is 0 Å².